The van der Waals surface area contributed by atoms with Crippen LogP contribution in [0.3, 0.4) is 0 Å². The van der Waals surface area contributed by atoms with Crippen molar-refractivity contribution >= 4 is 5.97 Å². The summed E-state index contributed by atoms with van der Waals surface area (Å²) in [5.41, 5.74) is 3.18. The van der Waals surface area contributed by atoms with Crippen LogP contribution >= 0.6 is 0 Å². The standard InChI is InChI=1S/C13H18O2/c14-13(15)12-9-5-8-11(12)10-6-3-1-2-4-7-10/h6H,1-5,7-9H2,(H,14,15). The third kappa shape index (κ3) is 2.31. The molecule has 0 amide bonds. The van der Waals surface area contributed by atoms with Gasteiger partial charge in [0.25, 0.3) is 0 Å². The molecule has 0 aromatic heterocycles. The molecule has 82 valence electrons. The highest BCUT2D eigenvalue weighted by atomic mass is 16.4. The van der Waals surface area contributed by atoms with Crippen molar-refractivity contribution in [3.8, 4) is 0 Å². The zero-order valence-corrected chi connectivity index (χ0v) is 9.09. The number of hydrogen-bond donors (Lipinski definition) is 1. The molecule has 2 aliphatic carbocycles. The van der Waals surface area contributed by atoms with E-state index in [4.69, 9.17) is 5.11 Å². The van der Waals surface area contributed by atoms with Crippen LogP contribution in [0.5, 0.6) is 0 Å². The van der Waals surface area contributed by atoms with E-state index in [1.54, 1.807) is 0 Å². The molecule has 0 aromatic carbocycles. The van der Waals surface area contributed by atoms with Crippen LogP contribution in [-0.2, 0) is 4.79 Å². The molecule has 15 heavy (non-hydrogen) atoms. The number of carboxylic acid groups (broad SMARTS) is 1. The molecule has 0 saturated heterocycles. The van der Waals surface area contributed by atoms with Crippen molar-refractivity contribution < 1.29 is 9.90 Å². The highest BCUT2D eigenvalue weighted by Crippen LogP contribution is 2.35. The molecular weight excluding hydrogens is 188 g/mol. The Morgan fingerprint density at radius 3 is 2.73 bits per heavy atom. The maximum Gasteiger partial charge on any atom is 0.331 e. The molecule has 0 atom stereocenters. The SMILES string of the molecule is O=C(O)C1=C(C2=CCCCCC2)CCC1. The van der Waals surface area contributed by atoms with E-state index in [9.17, 15) is 4.79 Å². The van der Waals surface area contributed by atoms with Gasteiger partial charge < -0.3 is 5.11 Å². The van der Waals surface area contributed by atoms with Gasteiger partial charge in [-0.05, 0) is 56.1 Å². The van der Waals surface area contributed by atoms with E-state index < -0.39 is 5.97 Å². The van der Waals surface area contributed by atoms with E-state index in [1.807, 2.05) is 0 Å². The summed E-state index contributed by atoms with van der Waals surface area (Å²) in [6.45, 7) is 0. The van der Waals surface area contributed by atoms with Crippen molar-refractivity contribution in [1.82, 2.24) is 0 Å². The highest BCUT2D eigenvalue weighted by molar-refractivity contribution is 5.89. The molecule has 0 aromatic rings. The van der Waals surface area contributed by atoms with E-state index >= 15 is 0 Å². The van der Waals surface area contributed by atoms with Gasteiger partial charge in [-0.25, -0.2) is 4.79 Å². The van der Waals surface area contributed by atoms with Crippen LogP contribution in [0.4, 0.5) is 0 Å². The van der Waals surface area contributed by atoms with Gasteiger partial charge in [0.1, 0.15) is 0 Å². The molecule has 0 radical (unpaired) electrons. The number of hydrogen-bond acceptors (Lipinski definition) is 1. The van der Waals surface area contributed by atoms with Gasteiger partial charge in [-0.3, -0.25) is 0 Å². The minimum Gasteiger partial charge on any atom is -0.478 e. The quantitative estimate of drug-likeness (QED) is 0.751. The lowest BCUT2D eigenvalue weighted by atomic mass is 9.98. The zero-order valence-electron chi connectivity index (χ0n) is 9.09. The molecule has 2 rings (SSSR count). The lowest BCUT2D eigenvalue weighted by molar-refractivity contribution is -0.132. The van der Waals surface area contributed by atoms with Crippen LogP contribution in [0.15, 0.2) is 22.8 Å². The van der Waals surface area contributed by atoms with Gasteiger partial charge in [0.2, 0.25) is 0 Å². The van der Waals surface area contributed by atoms with E-state index in [0.717, 1.165) is 37.7 Å². The first-order valence-electron chi connectivity index (χ1n) is 5.94. The number of rotatable bonds is 2. The van der Waals surface area contributed by atoms with Crippen LogP contribution in [0.2, 0.25) is 0 Å². The summed E-state index contributed by atoms with van der Waals surface area (Å²) in [6.07, 6.45) is 11.0. The fraction of sp³-hybridized carbons (Fsp3) is 0.615. The molecule has 2 aliphatic rings. The number of allylic oxidation sites excluding steroid dienone is 3. The zero-order chi connectivity index (χ0) is 10.7. The Labute approximate surface area is 90.7 Å². The minimum atomic E-state index is -0.701. The van der Waals surface area contributed by atoms with Crippen LogP contribution < -0.4 is 0 Å². The largest absolute Gasteiger partial charge is 0.478 e. The first-order valence-corrected chi connectivity index (χ1v) is 5.94. The molecule has 0 fully saturated rings. The molecule has 0 spiro atoms. The average Bonchev–Trinajstić information content (AvgIpc) is 2.55. The first kappa shape index (κ1) is 10.5. The smallest absolute Gasteiger partial charge is 0.331 e. The fourth-order valence-electron chi connectivity index (χ4n) is 2.62. The Morgan fingerprint density at radius 1 is 1.07 bits per heavy atom. The van der Waals surface area contributed by atoms with E-state index in [-0.39, 0.29) is 0 Å². The predicted octanol–water partition coefficient (Wildman–Crippen LogP) is 3.44. The van der Waals surface area contributed by atoms with Gasteiger partial charge in [0.05, 0.1) is 0 Å². The van der Waals surface area contributed by atoms with Crippen LogP contribution in [0.25, 0.3) is 0 Å². The second kappa shape index (κ2) is 4.65. The minimum absolute atomic E-state index is 0.683. The van der Waals surface area contributed by atoms with Crippen LogP contribution in [-0.4, -0.2) is 11.1 Å². The van der Waals surface area contributed by atoms with E-state index in [0.29, 0.717) is 5.57 Å². The lowest BCUT2D eigenvalue weighted by Gasteiger charge is -2.08. The third-order valence-corrected chi connectivity index (χ3v) is 3.40. The van der Waals surface area contributed by atoms with Crippen molar-refractivity contribution in [2.24, 2.45) is 0 Å². The summed E-state index contributed by atoms with van der Waals surface area (Å²) in [6, 6.07) is 0. The van der Waals surface area contributed by atoms with Gasteiger partial charge in [-0.2, -0.15) is 0 Å². The summed E-state index contributed by atoms with van der Waals surface area (Å²) in [7, 11) is 0. The maximum absolute atomic E-state index is 11.1. The van der Waals surface area contributed by atoms with Gasteiger partial charge in [0.15, 0.2) is 0 Å². The third-order valence-electron chi connectivity index (χ3n) is 3.40. The molecule has 0 unspecified atom stereocenters. The van der Waals surface area contributed by atoms with E-state index in [2.05, 4.69) is 6.08 Å². The topological polar surface area (TPSA) is 37.3 Å². The molecule has 0 saturated carbocycles. The Kier molecular flexibility index (Phi) is 3.24. The molecule has 0 heterocycles. The van der Waals surface area contributed by atoms with Gasteiger partial charge >= 0.3 is 5.97 Å². The van der Waals surface area contributed by atoms with Crippen molar-refractivity contribution in [2.75, 3.05) is 0 Å². The number of aliphatic carboxylic acids is 1. The lowest BCUT2D eigenvalue weighted by Crippen LogP contribution is -2.01. The van der Waals surface area contributed by atoms with E-state index in [1.165, 1.54) is 24.8 Å². The van der Waals surface area contributed by atoms with Crippen molar-refractivity contribution in [3.63, 3.8) is 0 Å². The normalized spacial score (nSPS) is 22.5. The van der Waals surface area contributed by atoms with Crippen LogP contribution in [0.1, 0.15) is 51.4 Å². The Balaban J connectivity index is 2.24. The summed E-state index contributed by atoms with van der Waals surface area (Å²) in [5, 5.41) is 9.10. The number of carboxylic acids is 1. The second-order valence-electron chi connectivity index (χ2n) is 4.44. The first-order chi connectivity index (χ1) is 7.29. The summed E-state index contributed by atoms with van der Waals surface area (Å²) in [5.74, 6) is -0.701. The van der Waals surface area contributed by atoms with Gasteiger partial charge in [-0.15, -0.1) is 0 Å². The van der Waals surface area contributed by atoms with Gasteiger partial charge in [-0.1, -0.05) is 12.5 Å². The summed E-state index contributed by atoms with van der Waals surface area (Å²) >= 11 is 0. The molecule has 0 aliphatic heterocycles. The summed E-state index contributed by atoms with van der Waals surface area (Å²) < 4.78 is 0. The Morgan fingerprint density at radius 2 is 1.93 bits per heavy atom. The molecule has 2 nitrogen and oxygen atoms in total. The fourth-order valence-corrected chi connectivity index (χ4v) is 2.62. The molecule has 0 bridgehead atoms. The second-order valence-corrected chi connectivity index (χ2v) is 4.44. The molecule has 2 heteroatoms. The summed E-state index contributed by atoms with van der Waals surface area (Å²) in [4.78, 5) is 11.1. The maximum atomic E-state index is 11.1. The van der Waals surface area contributed by atoms with Crippen molar-refractivity contribution in [1.29, 1.82) is 0 Å². The molecule has 1 N–H and O–H groups in total. The van der Waals surface area contributed by atoms with Crippen LogP contribution in [0, 0.1) is 0 Å². The monoisotopic (exact) mass is 206 g/mol. The Bertz CT molecular complexity index is 323. The Hall–Kier alpha value is -1.05. The molecular formula is C13H18O2. The van der Waals surface area contributed by atoms with Crippen molar-refractivity contribution in [2.45, 2.75) is 51.4 Å². The predicted molar refractivity (Wildman–Crippen MR) is 59.7 cm³/mol. The average molecular weight is 206 g/mol. The highest BCUT2D eigenvalue weighted by Gasteiger charge is 2.22. The van der Waals surface area contributed by atoms with Gasteiger partial charge in [0, 0.05) is 5.57 Å². The van der Waals surface area contributed by atoms with Crippen molar-refractivity contribution in [3.05, 3.63) is 22.8 Å². The number of carbonyl (C=O) groups is 1.